The predicted molar refractivity (Wildman–Crippen MR) is 66.6 cm³/mol. The number of hydrogen-bond acceptors (Lipinski definition) is 4. The number of halogens is 1. The van der Waals surface area contributed by atoms with E-state index < -0.39 is 6.09 Å². The molecule has 2 rings (SSSR count). The molecule has 1 fully saturated rings. The molecule has 1 heterocycles. The molecule has 1 aliphatic rings. The van der Waals surface area contributed by atoms with Crippen molar-refractivity contribution in [2.75, 3.05) is 0 Å². The Hall–Kier alpha value is -1.89. The van der Waals surface area contributed by atoms with Crippen LogP contribution >= 0.6 is 11.6 Å². The van der Waals surface area contributed by atoms with Crippen LogP contribution in [0.2, 0.25) is 5.15 Å². The fraction of sp³-hybridized carbons (Fsp3) is 0.455. The molecule has 0 radical (unpaired) electrons. The Morgan fingerprint density at radius 3 is 2.68 bits per heavy atom. The van der Waals surface area contributed by atoms with Gasteiger partial charge in [0, 0.05) is 24.4 Å². The summed E-state index contributed by atoms with van der Waals surface area (Å²) in [6.45, 7) is 0.221. The Kier molecular flexibility index (Phi) is 4.16. The van der Waals surface area contributed by atoms with E-state index in [1.807, 2.05) is 0 Å². The van der Waals surface area contributed by atoms with Gasteiger partial charge in [-0.25, -0.2) is 9.78 Å². The predicted octanol–water partition coefficient (Wildman–Crippen LogP) is 0.792. The van der Waals surface area contributed by atoms with Crippen molar-refractivity contribution in [2.24, 2.45) is 5.92 Å². The molecule has 0 aliphatic heterocycles. The zero-order valence-corrected chi connectivity index (χ0v) is 10.7. The van der Waals surface area contributed by atoms with Crippen molar-refractivity contribution in [1.82, 2.24) is 20.6 Å². The van der Waals surface area contributed by atoms with E-state index in [0.717, 1.165) is 0 Å². The molecule has 2 amide bonds. The van der Waals surface area contributed by atoms with Gasteiger partial charge >= 0.3 is 6.09 Å². The van der Waals surface area contributed by atoms with E-state index >= 15 is 0 Å². The van der Waals surface area contributed by atoms with Crippen LogP contribution in [-0.4, -0.2) is 33.1 Å². The van der Waals surface area contributed by atoms with Crippen molar-refractivity contribution in [1.29, 1.82) is 0 Å². The third-order valence-corrected chi connectivity index (χ3v) is 3.31. The number of amides is 2. The molecule has 3 N–H and O–H groups in total. The second kappa shape index (κ2) is 5.83. The number of nitrogens with zero attached hydrogens (tertiary/aromatic N) is 2. The summed E-state index contributed by atoms with van der Waals surface area (Å²) in [6.07, 6.45) is 2.96. The Morgan fingerprint density at radius 2 is 2.05 bits per heavy atom. The van der Waals surface area contributed by atoms with Crippen LogP contribution in [0.25, 0.3) is 0 Å². The molecular formula is C11H13ClN4O3. The zero-order valence-electron chi connectivity index (χ0n) is 9.97. The van der Waals surface area contributed by atoms with Crippen LogP contribution in [0.4, 0.5) is 4.79 Å². The largest absolute Gasteiger partial charge is 0.465 e. The standard InChI is InChI=1S/C11H13ClN4O3/c12-9-8(13-1-2-14-9)5-15-10(17)6-3-7(4-6)16-11(18)19/h1-2,6-7,16H,3-5H2,(H,15,17)(H,18,19). The summed E-state index contributed by atoms with van der Waals surface area (Å²) in [7, 11) is 0. The van der Waals surface area contributed by atoms with Crippen LogP contribution in [0.1, 0.15) is 18.5 Å². The van der Waals surface area contributed by atoms with Crippen LogP contribution in [0, 0.1) is 5.92 Å². The molecule has 8 heteroatoms. The molecule has 0 bridgehead atoms. The summed E-state index contributed by atoms with van der Waals surface area (Å²) in [5.41, 5.74) is 0.511. The normalized spacial score (nSPS) is 21.3. The van der Waals surface area contributed by atoms with Gasteiger partial charge in [-0.1, -0.05) is 11.6 Å². The first-order valence-corrected chi connectivity index (χ1v) is 6.16. The number of rotatable bonds is 4. The zero-order chi connectivity index (χ0) is 13.8. The number of carbonyl (C=O) groups is 2. The number of carboxylic acid groups (broad SMARTS) is 1. The Labute approximate surface area is 114 Å². The van der Waals surface area contributed by atoms with Crippen molar-refractivity contribution in [3.63, 3.8) is 0 Å². The number of nitrogens with one attached hydrogen (secondary N) is 2. The minimum absolute atomic E-state index is 0.120. The lowest BCUT2D eigenvalue weighted by Crippen LogP contribution is -2.49. The summed E-state index contributed by atoms with van der Waals surface area (Å²) in [4.78, 5) is 30.0. The first kappa shape index (κ1) is 13.5. The molecule has 0 spiro atoms. The summed E-state index contributed by atoms with van der Waals surface area (Å²) >= 11 is 5.82. The molecule has 7 nitrogen and oxygen atoms in total. The lowest BCUT2D eigenvalue weighted by molar-refractivity contribution is -0.128. The van der Waals surface area contributed by atoms with Crippen LogP contribution < -0.4 is 10.6 Å². The van der Waals surface area contributed by atoms with E-state index in [1.165, 1.54) is 12.4 Å². The van der Waals surface area contributed by atoms with Crippen molar-refractivity contribution >= 4 is 23.6 Å². The van der Waals surface area contributed by atoms with E-state index in [0.29, 0.717) is 18.5 Å². The van der Waals surface area contributed by atoms with Gasteiger partial charge in [0.2, 0.25) is 5.91 Å². The first-order chi connectivity index (χ1) is 9.06. The highest BCUT2D eigenvalue weighted by molar-refractivity contribution is 6.29. The molecule has 0 unspecified atom stereocenters. The Morgan fingerprint density at radius 1 is 1.37 bits per heavy atom. The minimum atomic E-state index is -1.06. The average Bonchev–Trinajstić information content (AvgIpc) is 2.31. The van der Waals surface area contributed by atoms with E-state index in [2.05, 4.69) is 20.6 Å². The molecule has 102 valence electrons. The molecule has 1 aliphatic carbocycles. The Bertz CT molecular complexity index is 491. The quantitative estimate of drug-likeness (QED) is 0.758. The van der Waals surface area contributed by atoms with Gasteiger partial charge in [0.05, 0.1) is 12.2 Å². The fourth-order valence-electron chi connectivity index (χ4n) is 1.91. The third-order valence-electron chi connectivity index (χ3n) is 2.99. The summed E-state index contributed by atoms with van der Waals surface area (Å²) in [6, 6.07) is -0.131. The fourth-order valence-corrected chi connectivity index (χ4v) is 2.08. The van der Waals surface area contributed by atoms with Gasteiger partial charge in [0.25, 0.3) is 0 Å². The monoisotopic (exact) mass is 284 g/mol. The van der Waals surface area contributed by atoms with Gasteiger partial charge in [-0.15, -0.1) is 0 Å². The molecule has 1 saturated carbocycles. The van der Waals surface area contributed by atoms with Crippen LogP contribution in [0.15, 0.2) is 12.4 Å². The van der Waals surface area contributed by atoms with Crippen LogP contribution in [0.3, 0.4) is 0 Å². The number of hydrogen-bond donors (Lipinski definition) is 3. The van der Waals surface area contributed by atoms with Crippen LogP contribution in [0.5, 0.6) is 0 Å². The molecule has 0 saturated heterocycles. The molecule has 1 aromatic rings. The smallest absolute Gasteiger partial charge is 0.404 e. The third kappa shape index (κ3) is 3.54. The maximum absolute atomic E-state index is 11.8. The van der Waals surface area contributed by atoms with Crippen LogP contribution in [-0.2, 0) is 11.3 Å². The molecular weight excluding hydrogens is 272 g/mol. The Balaban J connectivity index is 1.75. The first-order valence-electron chi connectivity index (χ1n) is 5.79. The maximum atomic E-state index is 11.8. The molecule has 0 aromatic carbocycles. The van der Waals surface area contributed by atoms with E-state index in [9.17, 15) is 9.59 Å². The van der Waals surface area contributed by atoms with Gasteiger partial charge in [-0.3, -0.25) is 9.78 Å². The highest BCUT2D eigenvalue weighted by atomic mass is 35.5. The summed E-state index contributed by atoms with van der Waals surface area (Å²) in [5.74, 6) is -0.280. The topological polar surface area (TPSA) is 104 Å². The maximum Gasteiger partial charge on any atom is 0.404 e. The van der Waals surface area contributed by atoms with E-state index in [-0.39, 0.29) is 29.6 Å². The van der Waals surface area contributed by atoms with Gasteiger partial charge in [0.15, 0.2) is 5.15 Å². The van der Waals surface area contributed by atoms with Gasteiger partial charge in [-0.05, 0) is 12.8 Å². The molecule has 19 heavy (non-hydrogen) atoms. The number of aromatic nitrogens is 2. The van der Waals surface area contributed by atoms with E-state index in [4.69, 9.17) is 16.7 Å². The van der Waals surface area contributed by atoms with Crippen molar-refractivity contribution < 1.29 is 14.7 Å². The molecule has 1 aromatic heterocycles. The second-order valence-electron chi connectivity index (χ2n) is 4.33. The van der Waals surface area contributed by atoms with Crippen molar-refractivity contribution in [3.05, 3.63) is 23.2 Å². The summed E-state index contributed by atoms with van der Waals surface area (Å²) in [5, 5.41) is 13.8. The summed E-state index contributed by atoms with van der Waals surface area (Å²) < 4.78 is 0. The highest BCUT2D eigenvalue weighted by Gasteiger charge is 2.35. The van der Waals surface area contributed by atoms with Crippen molar-refractivity contribution in [3.8, 4) is 0 Å². The highest BCUT2D eigenvalue weighted by Crippen LogP contribution is 2.27. The lowest BCUT2D eigenvalue weighted by Gasteiger charge is -2.33. The van der Waals surface area contributed by atoms with Gasteiger partial charge in [0.1, 0.15) is 0 Å². The SMILES string of the molecule is O=C(O)NC1CC(C(=O)NCc2nccnc2Cl)C1. The second-order valence-corrected chi connectivity index (χ2v) is 4.68. The van der Waals surface area contributed by atoms with E-state index in [1.54, 1.807) is 0 Å². The minimum Gasteiger partial charge on any atom is -0.465 e. The number of carbonyl (C=O) groups excluding carboxylic acids is 1. The molecule has 0 atom stereocenters. The lowest BCUT2D eigenvalue weighted by atomic mass is 9.79. The van der Waals surface area contributed by atoms with Crippen molar-refractivity contribution in [2.45, 2.75) is 25.4 Å². The van der Waals surface area contributed by atoms with Gasteiger partial charge < -0.3 is 15.7 Å². The average molecular weight is 285 g/mol. The van der Waals surface area contributed by atoms with Gasteiger partial charge in [-0.2, -0.15) is 0 Å².